The Kier molecular flexibility index (Phi) is 3.67. The van der Waals surface area contributed by atoms with Crippen LogP contribution >= 0.6 is 0 Å². The Bertz CT molecular complexity index is 1040. The van der Waals surface area contributed by atoms with E-state index in [1.54, 1.807) is 0 Å². The first-order valence-corrected chi connectivity index (χ1v) is 7.96. The molecular weight excluding hydrogens is 294 g/mol. The van der Waals surface area contributed by atoms with Crippen LogP contribution in [0, 0.1) is 0 Å². The fourth-order valence-corrected chi connectivity index (χ4v) is 2.91. The van der Waals surface area contributed by atoms with Gasteiger partial charge in [0.1, 0.15) is 5.52 Å². The van der Waals surface area contributed by atoms with Gasteiger partial charge in [0.2, 0.25) is 0 Å². The summed E-state index contributed by atoms with van der Waals surface area (Å²) in [5.74, 6) is 0.475. The van der Waals surface area contributed by atoms with Gasteiger partial charge in [-0.3, -0.25) is 4.98 Å². The molecule has 0 aliphatic heterocycles. The highest BCUT2D eigenvalue weighted by atomic mass is 14.9. The highest BCUT2D eigenvalue weighted by Crippen LogP contribution is 2.27. The molecule has 2 heterocycles. The maximum Gasteiger partial charge on any atom is 0.150 e. The SMILES string of the molecule is Nc1nc2ccccc2c2cc(/C=C/Cc3ccccc3)cnc12. The van der Waals surface area contributed by atoms with Crippen LogP contribution in [0.5, 0.6) is 0 Å². The predicted molar refractivity (Wildman–Crippen MR) is 101 cm³/mol. The van der Waals surface area contributed by atoms with E-state index in [2.05, 4.69) is 58.5 Å². The zero-order chi connectivity index (χ0) is 16.4. The molecule has 0 aliphatic carbocycles. The molecule has 2 aromatic carbocycles. The van der Waals surface area contributed by atoms with Gasteiger partial charge >= 0.3 is 0 Å². The van der Waals surface area contributed by atoms with Crippen LogP contribution in [0.25, 0.3) is 27.9 Å². The number of para-hydroxylation sites is 1. The van der Waals surface area contributed by atoms with E-state index in [-0.39, 0.29) is 0 Å². The zero-order valence-corrected chi connectivity index (χ0v) is 13.2. The number of hydrogen-bond donors (Lipinski definition) is 1. The van der Waals surface area contributed by atoms with Gasteiger partial charge < -0.3 is 5.73 Å². The van der Waals surface area contributed by atoms with Crippen LogP contribution in [0.4, 0.5) is 5.82 Å². The molecule has 24 heavy (non-hydrogen) atoms. The molecule has 0 aliphatic rings. The average molecular weight is 311 g/mol. The molecule has 0 radical (unpaired) electrons. The third-order valence-corrected chi connectivity index (χ3v) is 4.09. The second-order valence-electron chi connectivity index (χ2n) is 5.77. The van der Waals surface area contributed by atoms with Gasteiger partial charge in [0.25, 0.3) is 0 Å². The van der Waals surface area contributed by atoms with Gasteiger partial charge in [-0.1, -0.05) is 60.7 Å². The Labute approximate surface area is 140 Å². The van der Waals surface area contributed by atoms with E-state index in [1.165, 1.54) is 5.56 Å². The lowest BCUT2D eigenvalue weighted by Crippen LogP contribution is -1.95. The van der Waals surface area contributed by atoms with E-state index in [9.17, 15) is 0 Å². The number of pyridine rings is 2. The summed E-state index contributed by atoms with van der Waals surface area (Å²) in [6.45, 7) is 0. The number of nitrogens with two attached hydrogens (primary N) is 1. The summed E-state index contributed by atoms with van der Waals surface area (Å²) in [6, 6.07) is 20.5. The summed E-state index contributed by atoms with van der Waals surface area (Å²) < 4.78 is 0. The first-order chi connectivity index (χ1) is 11.8. The van der Waals surface area contributed by atoms with Gasteiger partial charge in [-0.25, -0.2) is 4.98 Å². The van der Waals surface area contributed by atoms with Crippen molar-refractivity contribution in [3.63, 3.8) is 0 Å². The summed E-state index contributed by atoms with van der Waals surface area (Å²) in [6.07, 6.45) is 7.00. The molecule has 0 saturated carbocycles. The molecule has 2 N–H and O–H groups in total. The van der Waals surface area contributed by atoms with Gasteiger partial charge in [-0.2, -0.15) is 0 Å². The highest BCUT2D eigenvalue weighted by molar-refractivity contribution is 6.08. The van der Waals surface area contributed by atoms with Crippen molar-refractivity contribution in [2.75, 3.05) is 5.73 Å². The Balaban J connectivity index is 1.73. The van der Waals surface area contributed by atoms with E-state index >= 15 is 0 Å². The van der Waals surface area contributed by atoms with Crippen molar-refractivity contribution >= 4 is 33.7 Å². The molecule has 0 spiro atoms. The van der Waals surface area contributed by atoms with Crippen molar-refractivity contribution < 1.29 is 0 Å². The number of rotatable bonds is 3. The van der Waals surface area contributed by atoms with Crippen molar-refractivity contribution in [1.29, 1.82) is 0 Å². The molecule has 0 bridgehead atoms. The molecule has 116 valence electrons. The first kappa shape index (κ1) is 14.4. The zero-order valence-electron chi connectivity index (χ0n) is 13.2. The lowest BCUT2D eigenvalue weighted by Gasteiger charge is -2.06. The molecule has 4 rings (SSSR count). The molecule has 0 amide bonds. The first-order valence-electron chi connectivity index (χ1n) is 7.96. The van der Waals surface area contributed by atoms with Crippen molar-refractivity contribution in [3.05, 3.63) is 84.1 Å². The maximum absolute atomic E-state index is 6.06. The number of anilines is 1. The van der Waals surface area contributed by atoms with E-state index in [0.717, 1.165) is 33.8 Å². The van der Waals surface area contributed by atoms with Gasteiger partial charge in [-0.15, -0.1) is 0 Å². The molecular formula is C21H17N3. The molecule has 4 aromatic rings. The predicted octanol–water partition coefficient (Wildman–Crippen LogP) is 4.62. The van der Waals surface area contributed by atoms with Crippen LogP contribution in [0.2, 0.25) is 0 Å². The van der Waals surface area contributed by atoms with Crippen LogP contribution in [0.3, 0.4) is 0 Å². The topological polar surface area (TPSA) is 51.8 Å². The van der Waals surface area contributed by atoms with Crippen molar-refractivity contribution in [3.8, 4) is 0 Å². The number of benzene rings is 2. The molecule has 2 aromatic heterocycles. The largest absolute Gasteiger partial charge is 0.382 e. The Morgan fingerprint density at radius 2 is 1.71 bits per heavy atom. The van der Waals surface area contributed by atoms with E-state index in [1.807, 2.05) is 30.5 Å². The van der Waals surface area contributed by atoms with Gasteiger partial charge in [-0.05, 0) is 29.7 Å². The summed E-state index contributed by atoms with van der Waals surface area (Å²) in [4.78, 5) is 8.95. The molecule has 0 saturated heterocycles. The van der Waals surface area contributed by atoms with Crippen LogP contribution in [0.1, 0.15) is 11.1 Å². The average Bonchev–Trinajstić information content (AvgIpc) is 2.63. The molecule has 0 atom stereocenters. The van der Waals surface area contributed by atoms with Crippen molar-refractivity contribution in [2.24, 2.45) is 0 Å². The number of nitrogens with zero attached hydrogens (tertiary/aromatic N) is 2. The van der Waals surface area contributed by atoms with Crippen molar-refractivity contribution in [1.82, 2.24) is 9.97 Å². The monoisotopic (exact) mass is 311 g/mol. The van der Waals surface area contributed by atoms with Crippen LogP contribution < -0.4 is 5.73 Å². The lowest BCUT2D eigenvalue weighted by atomic mass is 10.1. The maximum atomic E-state index is 6.06. The molecule has 3 heteroatoms. The van der Waals surface area contributed by atoms with E-state index in [0.29, 0.717) is 5.82 Å². The van der Waals surface area contributed by atoms with Gasteiger partial charge in [0.15, 0.2) is 5.82 Å². The number of nitrogen functional groups attached to an aromatic ring is 1. The minimum absolute atomic E-state index is 0.475. The van der Waals surface area contributed by atoms with Crippen LogP contribution in [0.15, 0.2) is 72.9 Å². The quantitative estimate of drug-likeness (QED) is 0.562. The van der Waals surface area contributed by atoms with Crippen molar-refractivity contribution in [2.45, 2.75) is 6.42 Å². The number of fused-ring (bicyclic) bond motifs is 3. The smallest absolute Gasteiger partial charge is 0.150 e. The minimum Gasteiger partial charge on any atom is -0.382 e. The summed E-state index contributed by atoms with van der Waals surface area (Å²) >= 11 is 0. The number of aromatic nitrogens is 2. The van der Waals surface area contributed by atoms with Crippen LogP contribution in [-0.4, -0.2) is 9.97 Å². The molecule has 0 fully saturated rings. The lowest BCUT2D eigenvalue weighted by molar-refractivity contribution is 1.28. The third kappa shape index (κ3) is 2.72. The number of hydrogen-bond acceptors (Lipinski definition) is 3. The van der Waals surface area contributed by atoms with E-state index < -0.39 is 0 Å². The second-order valence-corrected chi connectivity index (χ2v) is 5.77. The summed E-state index contributed by atoms with van der Waals surface area (Å²) in [5.41, 5.74) is 10.1. The Morgan fingerprint density at radius 1 is 0.917 bits per heavy atom. The fourth-order valence-electron chi connectivity index (χ4n) is 2.91. The third-order valence-electron chi connectivity index (χ3n) is 4.09. The van der Waals surface area contributed by atoms with Crippen LogP contribution in [-0.2, 0) is 6.42 Å². The fraction of sp³-hybridized carbons (Fsp3) is 0.0476. The normalized spacial score (nSPS) is 11.5. The van der Waals surface area contributed by atoms with E-state index in [4.69, 9.17) is 5.73 Å². The van der Waals surface area contributed by atoms with Gasteiger partial charge in [0.05, 0.1) is 5.52 Å². The minimum atomic E-state index is 0.475. The highest BCUT2D eigenvalue weighted by Gasteiger charge is 2.07. The molecule has 0 unspecified atom stereocenters. The Morgan fingerprint density at radius 3 is 2.58 bits per heavy atom. The summed E-state index contributed by atoms with van der Waals surface area (Å²) in [7, 11) is 0. The summed E-state index contributed by atoms with van der Waals surface area (Å²) in [5, 5.41) is 2.12. The Hall–Kier alpha value is -3.20. The number of allylic oxidation sites excluding steroid dienone is 1. The second kappa shape index (κ2) is 6.13. The molecule has 3 nitrogen and oxygen atoms in total. The van der Waals surface area contributed by atoms with Gasteiger partial charge in [0, 0.05) is 17.0 Å². The standard InChI is InChI=1S/C21H17N3/c22-21-20-18(17-11-4-5-12-19(17)24-21)13-16(14-23-20)10-6-9-15-7-2-1-3-8-15/h1-8,10-14H,9H2,(H2,22,24)/b10-6+.